The lowest BCUT2D eigenvalue weighted by Gasteiger charge is -2.05. The van der Waals surface area contributed by atoms with Crippen molar-refractivity contribution in [1.29, 1.82) is 0 Å². The van der Waals surface area contributed by atoms with Crippen molar-refractivity contribution in [2.75, 3.05) is 6.54 Å². The van der Waals surface area contributed by atoms with Crippen molar-refractivity contribution in [3.63, 3.8) is 0 Å². The van der Waals surface area contributed by atoms with Gasteiger partial charge in [0.1, 0.15) is 11.3 Å². The van der Waals surface area contributed by atoms with Crippen LogP contribution in [0.5, 0.6) is 0 Å². The molecule has 5 nitrogen and oxygen atoms in total. The Kier molecular flexibility index (Phi) is 3.14. The van der Waals surface area contributed by atoms with Crippen LogP contribution < -0.4 is 5.32 Å². The second-order valence-corrected chi connectivity index (χ2v) is 3.60. The quantitative estimate of drug-likeness (QED) is 0.598. The van der Waals surface area contributed by atoms with Gasteiger partial charge in [-0.3, -0.25) is 9.78 Å². The molecule has 1 amide bonds. The lowest BCUT2D eigenvalue weighted by atomic mass is 10.3. The number of hydrogen-bond acceptors (Lipinski definition) is 3. The molecule has 0 aliphatic heterocycles. The van der Waals surface area contributed by atoms with Crippen molar-refractivity contribution in [3.8, 4) is 0 Å². The summed E-state index contributed by atoms with van der Waals surface area (Å²) in [5.41, 5.74) is 2.02. The summed E-state index contributed by atoms with van der Waals surface area (Å²) in [5, 5.41) is 2.65. The summed E-state index contributed by atoms with van der Waals surface area (Å²) in [6.07, 6.45) is 5.16. The Morgan fingerprint density at radius 1 is 1.56 bits per heavy atom. The number of fused-ring (bicyclic) bond motifs is 1. The molecule has 16 heavy (non-hydrogen) atoms. The number of rotatable bonds is 5. The second kappa shape index (κ2) is 4.74. The summed E-state index contributed by atoms with van der Waals surface area (Å²) in [5.74, 6) is 0.981. The molecular weight excluding hydrogens is 204 g/mol. The molecule has 2 aromatic heterocycles. The Morgan fingerprint density at radius 3 is 3.25 bits per heavy atom. The summed E-state index contributed by atoms with van der Waals surface area (Å²) in [6, 6.07) is 1.96. The molecule has 0 spiro atoms. The molecule has 2 heterocycles. The van der Waals surface area contributed by atoms with Crippen LogP contribution in [-0.4, -0.2) is 27.5 Å². The van der Waals surface area contributed by atoms with E-state index in [2.05, 4.69) is 19.9 Å². The van der Waals surface area contributed by atoms with E-state index in [0.717, 1.165) is 36.2 Å². The van der Waals surface area contributed by atoms with Gasteiger partial charge in [0.2, 0.25) is 6.41 Å². The van der Waals surface area contributed by atoms with E-state index in [0.29, 0.717) is 6.54 Å². The lowest BCUT2D eigenvalue weighted by molar-refractivity contribution is -0.109. The smallest absolute Gasteiger partial charge is 0.207 e. The normalized spacial score (nSPS) is 10.6. The van der Waals surface area contributed by atoms with Gasteiger partial charge in [-0.15, -0.1) is 0 Å². The summed E-state index contributed by atoms with van der Waals surface area (Å²) < 4.78 is 2.14. The van der Waals surface area contributed by atoms with Crippen LogP contribution >= 0.6 is 0 Å². The summed E-state index contributed by atoms with van der Waals surface area (Å²) in [4.78, 5) is 18.6. The van der Waals surface area contributed by atoms with Crippen molar-refractivity contribution < 1.29 is 4.79 Å². The number of pyridine rings is 1. The van der Waals surface area contributed by atoms with Gasteiger partial charge in [-0.05, 0) is 19.4 Å². The number of aryl methyl sites for hydroxylation is 2. The number of carbonyl (C=O) groups excluding carboxylic acids is 1. The highest BCUT2D eigenvalue weighted by atomic mass is 16.1. The van der Waals surface area contributed by atoms with Crippen LogP contribution in [-0.2, 0) is 11.3 Å². The molecule has 84 valence electrons. The van der Waals surface area contributed by atoms with Crippen molar-refractivity contribution in [1.82, 2.24) is 19.9 Å². The molecule has 0 saturated carbocycles. The molecule has 0 saturated heterocycles. The van der Waals surface area contributed by atoms with Gasteiger partial charge in [0.05, 0.1) is 11.7 Å². The molecule has 0 unspecified atom stereocenters. The van der Waals surface area contributed by atoms with Gasteiger partial charge in [-0.25, -0.2) is 4.98 Å². The van der Waals surface area contributed by atoms with E-state index >= 15 is 0 Å². The summed E-state index contributed by atoms with van der Waals surface area (Å²) in [6.45, 7) is 3.52. The Balaban J connectivity index is 2.16. The fraction of sp³-hybridized carbons (Fsp3) is 0.364. The van der Waals surface area contributed by atoms with Crippen LogP contribution in [0.1, 0.15) is 12.2 Å². The first-order valence-corrected chi connectivity index (χ1v) is 5.27. The molecule has 2 rings (SSSR count). The van der Waals surface area contributed by atoms with Gasteiger partial charge in [0.15, 0.2) is 0 Å². The maximum Gasteiger partial charge on any atom is 0.207 e. The molecule has 5 heteroatoms. The summed E-state index contributed by atoms with van der Waals surface area (Å²) in [7, 11) is 0. The zero-order chi connectivity index (χ0) is 11.4. The van der Waals surface area contributed by atoms with Crippen molar-refractivity contribution in [2.24, 2.45) is 0 Å². The molecule has 0 atom stereocenters. The van der Waals surface area contributed by atoms with E-state index in [-0.39, 0.29) is 0 Å². The first-order valence-electron chi connectivity index (χ1n) is 5.27. The molecule has 1 N–H and O–H groups in total. The van der Waals surface area contributed by atoms with Crippen LogP contribution in [0, 0.1) is 6.92 Å². The highest BCUT2D eigenvalue weighted by Crippen LogP contribution is 2.14. The fourth-order valence-electron chi connectivity index (χ4n) is 1.78. The Labute approximate surface area is 93.5 Å². The number of nitrogens with zero attached hydrogens (tertiary/aromatic N) is 3. The average molecular weight is 218 g/mol. The van der Waals surface area contributed by atoms with Gasteiger partial charge >= 0.3 is 0 Å². The fourth-order valence-corrected chi connectivity index (χ4v) is 1.78. The van der Waals surface area contributed by atoms with Crippen LogP contribution in [0.4, 0.5) is 0 Å². The highest BCUT2D eigenvalue weighted by Gasteiger charge is 2.05. The van der Waals surface area contributed by atoms with Crippen molar-refractivity contribution >= 4 is 17.4 Å². The SMILES string of the molecule is Cc1nc2cnccc2n1CCCNC=O. The van der Waals surface area contributed by atoms with Gasteiger partial charge in [0, 0.05) is 19.3 Å². The van der Waals surface area contributed by atoms with Gasteiger partial charge in [-0.1, -0.05) is 0 Å². The molecule has 0 radical (unpaired) electrons. The maximum atomic E-state index is 10.1. The predicted molar refractivity (Wildman–Crippen MR) is 60.9 cm³/mol. The number of aromatic nitrogens is 3. The van der Waals surface area contributed by atoms with Gasteiger partial charge in [0.25, 0.3) is 0 Å². The Bertz CT molecular complexity index is 492. The van der Waals surface area contributed by atoms with E-state index < -0.39 is 0 Å². The van der Waals surface area contributed by atoms with E-state index in [9.17, 15) is 4.79 Å². The molecule has 0 aliphatic carbocycles. The molecule has 0 aromatic carbocycles. The first-order chi connectivity index (χ1) is 7.83. The zero-order valence-electron chi connectivity index (χ0n) is 9.18. The van der Waals surface area contributed by atoms with E-state index in [1.165, 1.54) is 0 Å². The van der Waals surface area contributed by atoms with Gasteiger partial charge < -0.3 is 9.88 Å². The maximum absolute atomic E-state index is 10.1. The first kappa shape index (κ1) is 10.6. The standard InChI is InChI=1S/C11H14N4O/c1-9-14-10-7-12-5-3-11(10)15(9)6-2-4-13-8-16/h3,5,7-8H,2,4,6H2,1H3,(H,13,16). The minimum absolute atomic E-state index is 0.688. The van der Waals surface area contributed by atoms with Crippen LogP contribution in [0.25, 0.3) is 11.0 Å². The third-order valence-electron chi connectivity index (χ3n) is 2.53. The predicted octanol–water partition coefficient (Wildman–Crippen LogP) is 0.876. The molecule has 0 aliphatic rings. The largest absolute Gasteiger partial charge is 0.359 e. The van der Waals surface area contributed by atoms with E-state index in [1.54, 1.807) is 12.4 Å². The number of amides is 1. The minimum atomic E-state index is 0.688. The topological polar surface area (TPSA) is 59.8 Å². The lowest BCUT2D eigenvalue weighted by Crippen LogP contribution is -2.14. The summed E-state index contributed by atoms with van der Waals surface area (Å²) >= 11 is 0. The number of imidazole rings is 1. The van der Waals surface area contributed by atoms with Crippen LogP contribution in [0.2, 0.25) is 0 Å². The second-order valence-electron chi connectivity index (χ2n) is 3.60. The molecule has 0 fully saturated rings. The van der Waals surface area contributed by atoms with Crippen LogP contribution in [0.15, 0.2) is 18.5 Å². The number of carbonyl (C=O) groups is 1. The molecule has 2 aromatic rings. The Hall–Kier alpha value is -1.91. The third kappa shape index (κ3) is 2.03. The van der Waals surface area contributed by atoms with Crippen molar-refractivity contribution in [2.45, 2.75) is 19.9 Å². The zero-order valence-corrected chi connectivity index (χ0v) is 9.18. The van der Waals surface area contributed by atoms with Crippen molar-refractivity contribution in [3.05, 3.63) is 24.3 Å². The minimum Gasteiger partial charge on any atom is -0.359 e. The van der Waals surface area contributed by atoms with Gasteiger partial charge in [-0.2, -0.15) is 0 Å². The monoisotopic (exact) mass is 218 g/mol. The van der Waals surface area contributed by atoms with E-state index in [4.69, 9.17) is 0 Å². The molecular formula is C11H14N4O. The Morgan fingerprint density at radius 2 is 2.44 bits per heavy atom. The third-order valence-corrected chi connectivity index (χ3v) is 2.53. The highest BCUT2D eigenvalue weighted by molar-refractivity contribution is 5.74. The average Bonchev–Trinajstić information content (AvgIpc) is 2.61. The number of hydrogen-bond donors (Lipinski definition) is 1. The number of nitrogens with one attached hydrogen (secondary N) is 1. The van der Waals surface area contributed by atoms with E-state index in [1.807, 2.05) is 13.0 Å². The van der Waals surface area contributed by atoms with Crippen LogP contribution in [0.3, 0.4) is 0 Å². The molecule has 0 bridgehead atoms.